The van der Waals surface area contributed by atoms with Crippen LogP contribution in [0.15, 0.2) is 24.3 Å². The van der Waals surface area contributed by atoms with Gasteiger partial charge in [-0.05, 0) is 49.4 Å². The Bertz CT molecular complexity index is 617. The highest BCUT2D eigenvalue weighted by molar-refractivity contribution is 6.33. The van der Waals surface area contributed by atoms with Crippen molar-refractivity contribution in [2.75, 3.05) is 19.6 Å². The lowest BCUT2D eigenvalue weighted by molar-refractivity contribution is -0.124. The van der Waals surface area contributed by atoms with Gasteiger partial charge < -0.3 is 16.0 Å². The highest BCUT2D eigenvalue weighted by atomic mass is 35.5. The van der Waals surface area contributed by atoms with E-state index >= 15 is 0 Å². The zero-order valence-corrected chi connectivity index (χ0v) is 17.2. The summed E-state index contributed by atoms with van der Waals surface area (Å²) >= 11 is 6.08. The van der Waals surface area contributed by atoms with Crippen LogP contribution in [-0.2, 0) is 4.79 Å². The zero-order chi connectivity index (χ0) is 18.4. The maximum Gasteiger partial charge on any atom is 0.253 e. The van der Waals surface area contributed by atoms with Gasteiger partial charge in [0.1, 0.15) is 6.04 Å². The molecule has 1 saturated heterocycles. The molecule has 1 aromatic rings. The lowest BCUT2D eigenvalue weighted by atomic mass is 9.81. The van der Waals surface area contributed by atoms with Crippen LogP contribution in [0.25, 0.3) is 0 Å². The molecule has 1 aliphatic rings. The van der Waals surface area contributed by atoms with Crippen LogP contribution < -0.4 is 16.0 Å². The minimum Gasteiger partial charge on any atom is -0.354 e. The van der Waals surface area contributed by atoms with Crippen LogP contribution in [0.1, 0.15) is 44.0 Å². The third-order valence-corrected chi connectivity index (χ3v) is 5.18. The third kappa shape index (κ3) is 6.15. The first-order chi connectivity index (χ1) is 11.8. The molecule has 0 bridgehead atoms. The Labute approximate surface area is 167 Å². The summed E-state index contributed by atoms with van der Waals surface area (Å²) < 4.78 is 0. The second-order valence-electron chi connectivity index (χ2n) is 7.45. The molecule has 146 valence electrons. The first-order valence-corrected chi connectivity index (χ1v) is 9.24. The summed E-state index contributed by atoms with van der Waals surface area (Å²) in [6.45, 7) is 8.61. The first-order valence-electron chi connectivity index (χ1n) is 8.86. The van der Waals surface area contributed by atoms with Gasteiger partial charge in [0.05, 0.1) is 10.6 Å². The predicted molar refractivity (Wildman–Crippen MR) is 108 cm³/mol. The van der Waals surface area contributed by atoms with Crippen molar-refractivity contribution in [2.45, 2.75) is 39.7 Å². The van der Waals surface area contributed by atoms with Gasteiger partial charge in [0.2, 0.25) is 5.91 Å². The number of carbonyl (C=O) groups is 2. The SMILES string of the molecule is CC(C)C(NC(=O)c1ccccc1Cl)C(=O)NCC1(C)CCNCC1.Cl. The number of amides is 2. The Hall–Kier alpha value is -1.30. The number of piperidine rings is 1. The van der Waals surface area contributed by atoms with Gasteiger partial charge in [-0.2, -0.15) is 0 Å². The Morgan fingerprint density at radius 1 is 1.23 bits per heavy atom. The summed E-state index contributed by atoms with van der Waals surface area (Å²) in [6, 6.07) is 6.26. The van der Waals surface area contributed by atoms with E-state index in [1.54, 1.807) is 24.3 Å². The molecule has 1 unspecified atom stereocenters. The lowest BCUT2D eigenvalue weighted by Crippen LogP contribution is -2.52. The molecule has 1 atom stereocenters. The molecule has 7 heteroatoms. The summed E-state index contributed by atoms with van der Waals surface area (Å²) in [5.74, 6) is -0.491. The first kappa shape index (κ1) is 22.7. The number of carbonyl (C=O) groups excluding carboxylic acids is 2. The monoisotopic (exact) mass is 401 g/mol. The predicted octanol–water partition coefficient (Wildman–Crippen LogP) is 3.02. The third-order valence-electron chi connectivity index (χ3n) is 4.85. The zero-order valence-electron chi connectivity index (χ0n) is 15.6. The highest BCUT2D eigenvalue weighted by Gasteiger charge is 2.30. The Balaban J connectivity index is 0.00000338. The van der Waals surface area contributed by atoms with Gasteiger partial charge >= 0.3 is 0 Å². The average molecular weight is 402 g/mol. The number of nitrogens with one attached hydrogen (secondary N) is 3. The van der Waals surface area contributed by atoms with Crippen molar-refractivity contribution in [3.63, 3.8) is 0 Å². The molecular weight excluding hydrogens is 373 g/mol. The second-order valence-corrected chi connectivity index (χ2v) is 7.86. The van der Waals surface area contributed by atoms with Crippen molar-refractivity contribution in [2.24, 2.45) is 11.3 Å². The van der Waals surface area contributed by atoms with E-state index in [1.165, 1.54) is 0 Å². The Kier molecular flexibility index (Phi) is 8.87. The van der Waals surface area contributed by atoms with Crippen LogP contribution in [0, 0.1) is 11.3 Å². The van der Waals surface area contributed by atoms with E-state index in [0.29, 0.717) is 17.1 Å². The average Bonchev–Trinajstić information content (AvgIpc) is 2.58. The van der Waals surface area contributed by atoms with E-state index in [1.807, 2.05) is 13.8 Å². The van der Waals surface area contributed by atoms with Gasteiger partial charge in [0.15, 0.2) is 0 Å². The standard InChI is InChI=1S/C19H28ClN3O2.ClH/c1-13(2)16(23-17(24)14-6-4-5-7-15(14)20)18(25)22-12-19(3)8-10-21-11-9-19;/h4-7,13,16,21H,8-12H2,1-3H3,(H,22,25)(H,23,24);1H. The number of hydrogen-bond acceptors (Lipinski definition) is 3. The molecule has 1 aliphatic heterocycles. The molecule has 5 nitrogen and oxygen atoms in total. The van der Waals surface area contributed by atoms with E-state index in [-0.39, 0.29) is 35.6 Å². The molecule has 2 amide bonds. The maximum atomic E-state index is 12.6. The minimum absolute atomic E-state index is 0. The van der Waals surface area contributed by atoms with Crippen molar-refractivity contribution in [1.82, 2.24) is 16.0 Å². The molecule has 1 fully saturated rings. The molecule has 0 spiro atoms. The van der Waals surface area contributed by atoms with E-state index in [2.05, 4.69) is 22.9 Å². The van der Waals surface area contributed by atoms with Crippen LogP contribution in [0.3, 0.4) is 0 Å². The van der Waals surface area contributed by atoms with Crippen molar-refractivity contribution in [3.05, 3.63) is 34.9 Å². The maximum absolute atomic E-state index is 12.6. The van der Waals surface area contributed by atoms with Crippen molar-refractivity contribution >= 4 is 35.8 Å². The van der Waals surface area contributed by atoms with E-state index in [0.717, 1.165) is 25.9 Å². The summed E-state index contributed by atoms with van der Waals surface area (Å²) in [4.78, 5) is 25.1. The fourth-order valence-electron chi connectivity index (χ4n) is 3.02. The molecular formula is C19H29Cl2N3O2. The van der Waals surface area contributed by atoms with Crippen molar-refractivity contribution in [3.8, 4) is 0 Å². The molecule has 0 aliphatic carbocycles. The largest absolute Gasteiger partial charge is 0.354 e. The number of rotatable bonds is 6. The molecule has 1 heterocycles. The topological polar surface area (TPSA) is 70.2 Å². The van der Waals surface area contributed by atoms with Gasteiger partial charge in [0, 0.05) is 6.54 Å². The lowest BCUT2D eigenvalue weighted by Gasteiger charge is -2.35. The molecule has 3 N–H and O–H groups in total. The second kappa shape index (κ2) is 10.1. The van der Waals surface area contributed by atoms with Crippen LogP contribution in [0.4, 0.5) is 0 Å². The van der Waals surface area contributed by atoms with Crippen molar-refractivity contribution < 1.29 is 9.59 Å². The molecule has 0 aromatic heterocycles. The van der Waals surface area contributed by atoms with Gasteiger partial charge in [-0.25, -0.2) is 0 Å². The smallest absolute Gasteiger partial charge is 0.253 e. The number of benzene rings is 1. The molecule has 0 radical (unpaired) electrons. The van der Waals surface area contributed by atoms with Gasteiger partial charge in [-0.3, -0.25) is 9.59 Å². The molecule has 1 aromatic carbocycles. The number of halogens is 2. The number of hydrogen-bond donors (Lipinski definition) is 3. The van der Waals surface area contributed by atoms with Crippen LogP contribution >= 0.6 is 24.0 Å². The summed E-state index contributed by atoms with van der Waals surface area (Å²) in [5.41, 5.74) is 0.489. The highest BCUT2D eigenvalue weighted by Crippen LogP contribution is 2.26. The minimum atomic E-state index is -0.589. The molecule has 26 heavy (non-hydrogen) atoms. The van der Waals surface area contributed by atoms with Crippen LogP contribution in [0.2, 0.25) is 5.02 Å². The molecule has 0 saturated carbocycles. The Morgan fingerprint density at radius 2 is 1.85 bits per heavy atom. The fraction of sp³-hybridized carbons (Fsp3) is 0.579. The summed E-state index contributed by atoms with van der Waals surface area (Å²) in [7, 11) is 0. The normalized spacial score (nSPS) is 17.1. The van der Waals surface area contributed by atoms with E-state index in [9.17, 15) is 9.59 Å². The van der Waals surface area contributed by atoms with Crippen LogP contribution in [0.5, 0.6) is 0 Å². The quantitative estimate of drug-likeness (QED) is 0.685. The van der Waals surface area contributed by atoms with E-state index in [4.69, 9.17) is 11.6 Å². The summed E-state index contributed by atoms with van der Waals surface area (Å²) in [6.07, 6.45) is 2.07. The van der Waals surface area contributed by atoms with Crippen molar-refractivity contribution in [1.29, 1.82) is 0 Å². The van der Waals surface area contributed by atoms with Crippen LogP contribution in [-0.4, -0.2) is 37.5 Å². The molecule has 2 rings (SSSR count). The van der Waals surface area contributed by atoms with Gasteiger partial charge in [-0.15, -0.1) is 12.4 Å². The van der Waals surface area contributed by atoms with Gasteiger partial charge in [-0.1, -0.05) is 44.5 Å². The summed E-state index contributed by atoms with van der Waals surface area (Å²) in [5, 5.41) is 9.57. The van der Waals surface area contributed by atoms with E-state index < -0.39 is 6.04 Å². The van der Waals surface area contributed by atoms with Gasteiger partial charge in [0.25, 0.3) is 5.91 Å². The fourth-order valence-corrected chi connectivity index (χ4v) is 3.24. The Morgan fingerprint density at radius 3 is 2.42 bits per heavy atom.